The summed E-state index contributed by atoms with van der Waals surface area (Å²) < 4.78 is 6.85. The van der Waals surface area contributed by atoms with Gasteiger partial charge in [-0.15, -0.1) is 0 Å². The maximum Gasteiger partial charge on any atom is 0.252 e. The van der Waals surface area contributed by atoms with Crippen molar-refractivity contribution >= 4 is 5.91 Å². The monoisotopic (exact) mass is 406 g/mol. The summed E-state index contributed by atoms with van der Waals surface area (Å²) in [5.41, 5.74) is 2.43. The predicted molar refractivity (Wildman–Crippen MR) is 114 cm³/mol. The van der Waals surface area contributed by atoms with Crippen molar-refractivity contribution in [2.75, 3.05) is 33.3 Å². The van der Waals surface area contributed by atoms with Gasteiger partial charge in [-0.2, -0.15) is 5.10 Å². The quantitative estimate of drug-likeness (QED) is 0.579. The Hall–Kier alpha value is -3.26. The summed E-state index contributed by atoms with van der Waals surface area (Å²) in [5.74, 6) is 1.10. The van der Waals surface area contributed by atoms with E-state index >= 15 is 0 Å². The molecule has 0 spiro atoms. The maximum absolute atomic E-state index is 12.3. The Bertz CT molecular complexity index is 979. The molecule has 1 N–H and O–H groups in total. The third-order valence-corrected chi connectivity index (χ3v) is 5.24. The molecule has 4 heterocycles. The topological polar surface area (TPSA) is 85.2 Å². The first-order chi connectivity index (χ1) is 14.7. The molecular weight excluding hydrogens is 380 g/mol. The Morgan fingerprint density at radius 1 is 1.13 bits per heavy atom. The van der Waals surface area contributed by atoms with Gasteiger partial charge in [-0.3, -0.25) is 4.79 Å². The maximum atomic E-state index is 12.3. The van der Waals surface area contributed by atoms with Crippen LogP contribution in [0.15, 0.2) is 49.1 Å². The van der Waals surface area contributed by atoms with E-state index in [-0.39, 0.29) is 5.91 Å². The second-order valence-electron chi connectivity index (χ2n) is 7.32. The lowest BCUT2D eigenvalue weighted by atomic mass is 10.1. The van der Waals surface area contributed by atoms with Crippen molar-refractivity contribution in [3.63, 3.8) is 0 Å². The molecule has 3 aromatic rings. The van der Waals surface area contributed by atoms with E-state index in [0.29, 0.717) is 23.8 Å². The van der Waals surface area contributed by atoms with E-state index in [2.05, 4.69) is 25.3 Å². The number of ether oxygens (including phenoxy) is 1. The fourth-order valence-electron chi connectivity index (χ4n) is 3.57. The van der Waals surface area contributed by atoms with Crippen LogP contribution >= 0.6 is 0 Å². The van der Waals surface area contributed by atoms with Crippen LogP contribution in [0.4, 0.5) is 0 Å². The fourth-order valence-corrected chi connectivity index (χ4v) is 3.57. The van der Waals surface area contributed by atoms with Gasteiger partial charge in [0.2, 0.25) is 5.88 Å². The van der Waals surface area contributed by atoms with Gasteiger partial charge in [0.1, 0.15) is 0 Å². The van der Waals surface area contributed by atoms with E-state index in [0.717, 1.165) is 24.1 Å². The molecule has 156 valence electrons. The van der Waals surface area contributed by atoms with Crippen molar-refractivity contribution in [2.45, 2.75) is 19.3 Å². The van der Waals surface area contributed by atoms with E-state index in [4.69, 9.17) is 4.74 Å². The number of likely N-dealkylation sites (tertiary alicyclic amines) is 1. The molecule has 3 aromatic heterocycles. The van der Waals surface area contributed by atoms with Gasteiger partial charge in [0.25, 0.3) is 5.91 Å². The Morgan fingerprint density at radius 3 is 2.77 bits per heavy atom. The first-order valence-corrected chi connectivity index (χ1v) is 10.2. The van der Waals surface area contributed by atoms with Gasteiger partial charge in [0.05, 0.1) is 18.9 Å². The molecule has 4 rings (SSSR count). The summed E-state index contributed by atoms with van der Waals surface area (Å²) in [6.45, 7) is 4.09. The van der Waals surface area contributed by atoms with E-state index in [1.807, 2.05) is 18.3 Å². The van der Waals surface area contributed by atoms with Crippen LogP contribution in [-0.4, -0.2) is 63.8 Å². The number of pyridine rings is 2. The molecule has 1 saturated heterocycles. The molecule has 0 atom stereocenters. The number of nitrogens with zero attached hydrogens (tertiary/aromatic N) is 5. The Labute approximate surface area is 175 Å². The third kappa shape index (κ3) is 4.83. The predicted octanol–water partition coefficient (Wildman–Crippen LogP) is 2.55. The summed E-state index contributed by atoms with van der Waals surface area (Å²) in [5, 5.41) is 7.35. The van der Waals surface area contributed by atoms with Crippen LogP contribution < -0.4 is 10.1 Å². The minimum atomic E-state index is -0.0968. The van der Waals surface area contributed by atoms with Crippen molar-refractivity contribution < 1.29 is 9.53 Å². The molecule has 30 heavy (non-hydrogen) atoms. The van der Waals surface area contributed by atoms with Crippen molar-refractivity contribution in [3.8, 4) is 22.8 Å². The van der Waals surface area contributed by atoms with Crippen molar-refractivity contribution in [1.82, 2.24) is 30.0 Å². The number of carbonyl (C=O) groups excluding carboxylic acids is 1. The normalized spacial score (nSPS) is 14.0. The molecule has 8 heteroatoms. The summed E-state index contributed by atoms with van der Waals surface area (Å²) in [7, 11) is 1.59. The summed E-state index contributed by atoms with van der Waals surface area (Å²) in [6.07, 6.45) is 10.5. The lowest BCUT2D eigenvalue weighted by Gasteiger charge is -2.14. The summed E-state index contributed by atoms with van der Waals surface area (Å²) in [4.78, 5) is 23.3. The van der Waals surface area contributed by atoms with Gasteiger partial charge in [-0.1, -0.05) is 0 Å². The number of amides is 1. The molecule has 1 amide bonds. The van der Waals surface area contributed by atoms with Crippen LogP contribution in [0.1, 0.15) is 29.6 Å². The molecule has 0 saturated carbocycles. The smallest absolute Gasteiger partial charge is 0.252 e. The summed E-state index contributed by atoms with van der Waals surface area (Å²) >= 11 is 0. The number of carbonyl (C=O) groups is 1. The Kier molecular flexibility index (Phi) is 6.34. The van der Waals surface area contributed by atoms with E-state index in [9.17, 15) is 4.79 Å². The highest BCUT2D eigenvalue weighted by molar-refractivity contribution is 5.93. The Balaban J connectivity index is 1.34. The highest BCUT2D eigenvalue weighted by Gasteiger charge is 2.12. The minimum Gasteiger partial charge on any atom is -0.481 e. The van der Waals surface area contributed by atoms with Gasteiger partial charge in [0, 0.05) is 36.8 Å². The largest absolute Gasteiger partial charge is 0.481 e. The molecule has 0 unspecified atom stereocenters. The van der Waals surface area contributed by atoms with Crippen molar-refractivity contribution in [1.29, 1.82) is 0 Å². The van der Waals surface area contributed by atoms with Gasteiger partial charge >= 0.3 is 0 Å². The lowest BCUT2D eigenvalue weighted by Crippen LogP contribution is -2.28. The van der Waals surface area contributed by atoms with Gasteiger partial charge in [-0.25, -0.2) is 14.6 Å². The molecular formula is C22H26N6O2. The van der Waals surface area contributed by atoms with Crippen LogP contribution in [0.3, 0.4) is 0 Å². The van der Waals surface area contributed by atoms with E-state index in [1.54, 1.807) is 42.5 Å². The number of hydrogen-bond donors (Lipinski definition) is 1. The number of methoxy groups -OCH3 is 1. The summed E-state index contributed by atoms with van der Waals surface area (Å²) in [6, 6.07) is 7.32. The highest BCUT2D eigenvalue weighted by atomic mass is 16.5. The molecule has 0 aromatic carbocycles. The zero-order valence-electron chi connectivity index (χ0n) is 17.1. The van der Waals surface area contributed by atoms with Crippen LogP contribution in [0, 0.1) is 0 Å². The molecule has 1 fully saturated rings. The second-order valence-corrected chi connectivity index (χ2v) is 7.32. The SMILES string of the molecule is COc1cc(-c2cnn(-c3ccc(C(=O)NCCCN4CCCC4)cn3)c2)ccn1. The van der Waals surface area contributed by atoms with Gasteiger partial charge in [-0.05, 0) is 62.7 Å². The lowest BCUT2D eigenvalue weighted by molar-refractivity contribution is 0.0951. The molecule has 1 aliphatic rings. The van der Waals surface area contributed by atoms with Gasteiger partial charge < -0.3 is 15.0 Å². The highest BCUT2D eigenvalue weighted by Crippen LogP contribution is 2.22. The van der Waals surface area contributed by atoms with Crippen molar-refractivity contribution in [2.24, 2.45) is 0 Å². The fraction of sp³-hybridized carbons (Fsp3) is 0.364. The van der Waals surface area contributed by atoms with Crippen LogP contribution in [0.5, 0.6) is 5.88 Å². The number of hydrogen-bond acceptors (Lipinski definition) is 6. The third-order valence-electron chi connectivity index (χ3n) is 5.24. The molecule has 8 nitrogen and oxygen atoms in total. The van der Waals surface area contributed by atoms with Crippen LogP contribution in [0.2, 0.25) is 0 Å². The standard InChI is InChI=1S/C22H26N6O2/c1-30-21-13-17(7-9-23-21)19-15-26-28(16-19)20-6-5-18(14-25-20)22(29)24-8-4-12-27-10-2-3-11-27/h5-7,9,13-16H,2-4,8,10-12H2,1H3,(H,24,29). The number of aromatic nitrogens is 4. The minimum absolute atomic E-state index is 0.0968. The van der Waals surface area contributed by atoms with Crippen LogP contribution in [0.25, 0.3) is 16.9 Å². The van der Waals surface area contributed by atoms with Gasteiger partial charge in [0.15, 0.2) is 5.82 Å². The Morgan fingerprint density at radius 2 is 2.00 bits per heavy atom. The first-order valence-electron chi connectivity index (χ1n) is 10.2. The van der Waals surface area contributed by atoms with Crippen LogP contribution in [-0.2, 0) is 0 Å². The zero-order valence-corrected chi connectivity index (χ0v) is 17.1. The molecule has 0 bridgehead atoms. The molecule has 0 radical (unpaired) electrons. The number of rotatable bonds is 8. The zero-order chi connectivity index (χ0) is 20.8. The average molecular weight is 406 g/mol. The number of nitrogens with one attached hydrogen (secondary N) is 1. The molecule has 0 aliphatic carbocycles. The average Bonchev–Trinajstić information content (AvgIpc) is 3.49. The van der Waals surface area contributed by atoms with Crippen molar-refractivity contribution in [3.05, 3.63) is 54.6 Å². The van der Waals surface area contributed by atoms with E-state index in [1.165, 1.54) is 25.9 Å². The second kappa shape index (κ2) is 9.49. The van der Waals surface area contributed by atoms with E-state index < -0.39 is 0 Å². The first kappa shape index (κ1) is 20.0. The molecule has 1 aliphatic heterocycles.